The number of anilines is 1. The van der Waals surface area contributed by atoms with Crippen molar-refractivity contribution in [3.05, 3.63) is 17.4 Å². The van der Waals surface area contributed by atoms with E-state index in [1.807, 2.05) is 13.8 Å². The second-order valence-electron chi connectivity index (χ2n) is 3.62. The number of carbonyl (C=O) groups excluding carboxylic acids is 1. The number of hydrogen-bond donors (Lipinski definition) is 2. The molecule has 0 radical (unpaired) electrons. The lowest BCUT2D eigenvalue weighted by atomic mass is 10.3. The molecule has 1 heterocycles. The van der Waals surface area contributed by atoms with Crippen LogP contribution in [0.5, 0.6) is 0 Å². The number of rotatable bonds is 5. The Labute approximate surface area is 99.6 Å². The van der Waals surface area contributed by atoms with Gasteiger partial charge in [0.1, 0.15) is 0 Å². The quantitative estimate of drug-likeness (QED) is 0.820. The summed E-state index contributed by atoms with van der Waals surface area (Å²) in [5.41, 5.74) is 0. The van der Waals surface area contributed by atoms with Crippen LogP contribution in [0.1, 0.15) is 20.3 Å². The Morgan fingerprint density at radius 3 is 2.62 bits per heavy atom. The van der Waals surface area contributed by atoms with Crippen molar-refractivity contribution in [3.63, 3.8) is 0 Å². The standard InChI is InChI=1S/C10H15ClN4O/c1-7(2)15-9(16)3-4-12-10-13-5-8(11)6-14-10/h5-7H,3-4H2,1-2H3,(H,15,16)(H,12,13,14). The van der Waals surface area contributed by atoms with Crippen LogP contribution < -0.4 is 10.6 Å². The van der Waals surface area contributed by atoms with Crippen molar-refractivity contribution in [2.45, 2.75) is 26.3 Å². The van der Waals surface area contributed by atoms with E-state index in [-0.39, 0.29) is 11.9 Å². The van der Waals surface area contributed by atoms with E-state index in [4.69, 9.17) is 11.6 Å². The molecule has 2 N–H and O–H groups in total. The van der Waals surface area contributed by atoms with Crippen molar-refractivity contribution in [3.8, 4) is 0 Å². The Balaban J connectivity index is 2.25. The average molecular weight is 243 g/mol. The van der Waals surface area contributed by atoms with Crippen molar-refractivity contribution in [1.29, 1.82) is 0 Å². The van der Waals surface area contributed by atoms with Gasteiger partial charge in [0.2, 0.25) is 11.9 Å². The van der Waals surface area contributed by atoms with E-state index < -0.39 is 0 Å². The highest BCUT2D eigenvalue weighted by Gasteiger charge is 2.03. The molecule has 0 saturated heterocycles. The van der Waals surface area contributed by atoms with Gasteiger partial charge in [0, 0.05) is 19.0 Å². The van der Waals surface area contributed by atoms with E-state index in [0.29, 0.717) is 23.9 Å². The summed E-state index contributed by atoms with van der Waals surface area (Å²) in [6, 6.07) is 0.166. The first-order chi connectivity index (χ1) is 7.58. The Morgan fingerprint density at radius 2 is 2.06 bits per heavy atom. The van der Waals surface area contributed by atoms with E-state index in [9.17, 15) is 4.79 Å². The minimum Gasteiger partial charge on any atom is -0.354 e. The summed E-state index contributed by atoms with van der Waals surface area (Å²) in [5, 5.41) is 6.22. The lowest BCUT2D eigenvalue weighted by molar-refractivity contribution is -0.121. The van der Waals surface area contributed by atoms with Crippen LogP contribution in [0.4, 0.5) is 5.95 Å². The van der Waals surface area contributed by atoms with E-state index >= 15 is 0 Å². The van der Waals surface area contributed by atoms with Crippen LogP contribution in [0.3, 0.4) is 0 Å². The fourth-order valence-corrected chi connectivity index (χ4v) is 1.18. The van der Waals surface area contributed by atoms with Crippen LogP contribution in [0.2, 0.25) is 5.02 Å². The summed E-state index contributed by atoms with van der Waals surface area (Å²) in [6.07, 6.45) is 3.40. The van der Waals surface area contributed by atoms with Crippen molar-refractivity contribution in [2.24, 2.45) is 0 Å². The molecular weight excluding hydrogens is 228 g/mol. The molecule has 0 aromatic carbocycles. The number of amides is 1. The van der Waals surface area contributed by atoms with Gasteiger partial charge in [-0.25, -0.2) is 9.97 Å². The number of hydrogen-bond acceptors (Lipinski definition) is 4. The lowest BCUT2D eigenvalue weighted by Gasteiger charge is -2.08. The highest BCUT2D eigenvalue weighted by Crippen LogP contribution is 2.05. The fraction of sp³-hybridized carbons (Fsp3) is 0.500. The first-order valence-corrected chi connectivity index (χ1v) is 5.46. The molecule has 0 fully saturated rings. The Hall–Kier alpha value is -1.36. The zero-order valence-corrected chi connectivity index (χ0v) is 10.1. The highest BCUT2D eigenvalue weighted by molar-refractivity contribution is 6.30. The van der Waals surface area contributed by atoms with Crippen LogP contribution in [0.25, 0.3) is 0 Å². The first kappa shape index (κ1) is 12.7. The lowest BCUT2D eigenvalue weighted by Crippen LogP contribution is -2.31. The van der Waals surface area contributed by atoms with Gasteiger partial charge in [-0.05, 0) is 13.8 Å². The second kappa shape index (κ2) is 6.27. The van der Waals surface area contributed by atoms with E-state index in [0.717, 1.165) is 0 Å². The van der Waals surface area contributed by atoms with Gasteiger partial charge in [-0.1, -0.05) is 11.6 Å². The average Bonchev–Trinajstić information content (AvgIpc) is 2.20. The molecule has 1 rings (SSSR count). The molecule has 1 aromatic heterocycles. The summed E-state index contributed by atoms with van der Waals surface area (Å²) < 4.78 is 0. The van der Waals surface area contributed by atoms with Gasteiger partial charge in [0.15, 0.2) is 0 Å². The molecule has 1 aromatic rings. The Morgan fingerprint density at radius 1 is 1.44 bits per heavy atom. The number of nitrogens with one attached hydrogen (secondary N) is 2. The van der Waals surface area contributed by atoms with Gasteiger partial charge in [-0.3, -0.25) is 4.79 Å². The first-order valence-electron chi connectivity index (χ1n) is 5.08. The van der Waals surface area contributed by atoms with E-state index in [2.05, 4.69) is 20.6 Å². The minimum absolute atomic E-state index is 0.0106. The Kier molecular flexibility index (Phi) is 4.98. The van der Waals surface area contributed by atoms with Gasteiger partial charge < -0.3 is 10.6 Å². The third-order valence-corrected chi connectivity index (χ3v) is 1.90. The smallest absolute Gasteiger partial charge is 0.222 e. The minimum atomic E-state index is 0.0106. The molecule has 5 nitrogen and oxygen atoms in total. The summed E-state index contributed by atoms with van der Waals surface area (Å²) in [6.45, 7) is 4.35. The van der Waals surface area contributed by atoms with E-state index in [1.54, 1.807) is 0 Å². The normalized spacial score (nSPS) is 10.2. The molecule has 0 saturated carbocycles. The van der Waals surface area contributed by atoms with E-state index in [1.165, 1.54) is 12.4 Å². The summed E-state index contributed by atoms with van der Waals surface area (Å²) in [5.74, 6) is 0.484. The molecule has 16 heavy (non-hydrogen) atoms. The Bertz CT molecular complexity index is 339. The molecule has 0 atom stereocenters. The van der Waals surface area contributed by atoms with Crippen LogP contribution >= 0.6 is 11.6 Å². The van der Waals surface area contributed by atoms with Crippen molar-refractivity contribution < 1.29 is 4.79 Å². The SMILES string of the molecule is CC(C)NC(=O)CCNc1ncc(Cl)cn1. The topological polar surface area (TPSA) is 66.9 Å². The number of carbonyl (C=O) groups is 1. The van der Waals surface area contributed by atoms with Gasteiger partial charge in [0.25, 0.3) is 0 Å². The monoisotopic (exact) mass is 242 g/mol. The molecule has 0 spiro atoms. The van der Waals surface area contributed by atoms with Crippen molar-refractivity contribution in [2.75, 3.05) is 11.9 Å². The van der Waals surface area contributed by atoms with Crippen molar-refractivity contribution in [1.82, 2.24) is 15.3 Å². The van der Waals surface area contributed by atoms with Crippen LogP contribution in [-0.2, 0) is 4.79 Å². The predicted octanol–water partition coefficient (Wildman–Crippen LogP) is 1.46. The van der Waals surface area contributed by atoms with Gasteiger partial charge >= 0.3 is 0 Å². The fourth-order valence-electron chi connectivity index (χ4n) is 1.09. The molecular formula is C10H15ClN4O. The van der Waals surface area contributed by atoms with Crippen LogP contribution in [0, 0.1) is 0 Å². The second-order valence-corrected chi connectivity index (χ2v) is 4.06. The number of aromatic nitrogens is 2. The molecule has 1 amide bonds. The molecule has 0 aliphatic carbocycles. The van der Waals surface area contributed by atoms with Gasteiger partial charge in [-0.15, -0.1) is 0 Å². The highest BCUT2D eigenvalue weighted by atomic mass is 35.5. The van der Waals surface area contributed by atoms with Crippen molar-refractivity contribution >= 4 is 23.5 Å². The maximum atomic E-state index is 11.3. The van der Waals surface area contributed by atoms with Crippen LogP contribution in [-0.4, -0.2) is 28.5 Å². The molecule has 0 bridgehead atoms. The number of halogens is 1. The molecule has 0 aliphatic rings. The summed E-state index contributed by atoms with van der Waals surface area (Å²) in [7, 11) is 0. The number of nitrogens with zero attached hydrogens (tertiary/aromatic N) is 2. The summed E-state index contributed by atoms with van der Waals surface area (Å²) >= 11 is 5.64. The zero-order chi connectivity index (χ0) is 12.0. The maximum absolute atomic E-state index is 11.3. The molecule has 88 valence electrons. The third kappa shape index (κ3) is 4.93. The molecule has 0 aliphatic heterocycles. The molecule has 6 heteroatoms. The summed E-state index contributed by atoms with van der Waals surface area (Å²) in [4.78, 5) is 19.2. The third-order valence-electron chi connectivity index (χ3n) is 1.71. The van der Waals surface area contributed by atoms with Crippen LogP contribution in [0.15, 0.2) is 12.4 Å². The zero-order valence-electron chi connectivity index (χ0n) is 9.33. The largest absolute Gasteiger partial charge is 0.354 e. The maximum Gasteiger partial charge on any atom is 0.222 e. The molecule has 0 unspecified atom stereocenters. The van der Waals surface area contributed by atoms with Gasteiger partial charge in [0.05, 0.1) is 17.4 Å². The predicted molar refractivity (Wildman–Crippen MR) is 63.4 cm³/mol. The van der Waals surface area contributed by atoms with Gasteiger partial charge in [-0.2, -0.15) is 0 Å².